The number of nitro groups is 1. The number of aliphatic hydroxyl groups excluding tert-OH is 3. The van der Waals surface area contributed by atoms with Crippen LogP contribution in [0, 0.1) is 27.9 Å². The van der Waals surface area contributed by atoms with Crippen LogP contribution in [0.4, 0.5) is 10.5 Å². The number of hydrogen-bond donors (Lipinski definition) is 3. The number of amides is 1. The Labute approximate surface area is 346 Å². The van der Waals surface area contributed by atoms with Gasteiger partial charge in [-0.3, -0.25) is 15.0 Å². The van der Waals surface area contributed by atoms with Gasteiger partial charge in [0.05, 0.1) is 55.7 Å². The van der Waals surface area contributed by atoms with Crippen LogP contribution in [0.5, 0.6) is 17.2 Å². The highest BCUT2D eigenvalue weighted by Gasteiger charge is 2.65. The zero-order chi connectivity index (χ0) is 42.2. The number of fused-ring (bicyclic) bond motifs is 2. The van der Waals surface area contributed by atoms with E-state index in [9.17, 15) is 30.2 Å². The molecular formula is C44H59N3O12. The number of carbonyl (C=O) groups excluding carboxylic acids is 1. The van der Waals surface area contributed by atoms with Crippen LogP contribution in [0.3, 0.4) is 0 Å². The number of allylic oxidation sites excluding steroid dienone is 1. The highest BCUT2D eigenvalue weighted by molar-refractivity contribution is 6.03. The molecule has 59 heavy (non-hydrogen) atoms. The molecule has 0 unspecified atom stereocenters. The molecule has 15 heteroatoms. The van der Waals surface area contributed by atoms with Gasteiger partial charge >= 0.3 is 6.09 Å². The molecule has 1 fully saturated rings. The van der Waals surface area contributed by atoms with Gasteiger partial charge in [0.1, 0.15) is 29.9 Å². The summed E-state index contributed by atoms with van der Waals surface area (Å²) >= 11 is 0. The predicted molar refractivity (Wildman–Crippen MR) is 221 cm³/mol. The molecular weight excluding hydrogens is 762 g/mol. The summed E-state index contributed by atoms with van der Waals surface area (Å²) in [5, 5.41) is 45.5. The first-order valence-electron chi connectivity index (χ1n) is 20.6. The molecule has 1 amide bonds. The second-order valence-corrected chi connectivity index (χ2v) is 14.8. The average molecular weight is 822 g/mol. The van der Waals surface area contributed by atoms with Crippen molar-refractivity contribution in [3.63, 3.8) is 0 Å². The molecule has 0 spiro atoms. The van der Waals surface area contributed by atoms with Crippen LogP contribution in [0.15, 0.2) is 84.6 Å². The third-order valence-electron chi connectivity index (χ3n) is 11.1. The monoisotopic (exact) mass is 821 g/mol. The van der Waals surface area contributed by atoms with E-state index in [4.69, 9.17) is 33.7 Å². The molecule has 3 aliphatic rings. The fraction of sp³-hybridized carbons (Fsp3) is 0.545. The lowest BCUT2D eigenvalue weighted by molar-refractivity contribution is -0.384. The zero-order valence-electron chi connectivity index (χ0n) is 34.0. The standard InChI is InChI=1S/C44H59N3O12/c1-4-7-24-55-43(51)46(19-25-54-26-22-50)40-30-38(45-57-6-3)36-27-31(13-8-10-20-48)35(16-9-11-21-49)41-37-29-34(58-33-15-12-14-32(28-33)47(52)53)17-18-39(37)59-44(40,42(36)41)56-23-5-2/h4-5,12,14-15,17-18,27-29,31,35,40-42,48-50H,1-2,6-11,13,16,19-26,30H2,3H3/t31-,35+,40-,41+,42+,44+/m0/s1. The van der Waals surface area contributed by atoms with Crippen LogP contribution in [0.25, 0.3) is 0 Å². The number of carbonyl (C=O) groups is 1. The Balaban J connectivity index is 1.76. The minimum atomic E-state index is -1.52. The highest BCUT2D eigenvalue weighted by atomic mass is 16.7. The number of nitro benzene ring substituents is 1. The molecule has 0 aromatic heterocycles. The number of rotatable bonds is 25. The second kappa shape index (κ2) is 22.5. The molecule has 2 aromatic rings. The van der Waals surface area contributed by atoms with E-state index in [0.29, 0.717) is 48.8 Å². The van der Waals surface area contributed by atoms with Crippen LogP contribution in [0.1, 0.15) is 69.8 Å². The SMILES string of the molecule is C=CCCOC(=O)N(CCOCCO)[C@H]1CC(=NOCC)C2=C[C@H](CCCCO)[C@@H](CCCCO)[C@@H]3c4cc(Oc5cccc([N+](=O)[O-])c5)ccc4O[C@@]1(OCC=C)[C@H]23. The van der Waals surface area contributed by atoms with Gasteiger partial charge < -0.3 is 43.8 Å². The summed E-state index contributed by atoms with van der Waals surface area (Å²) in [6, 6.07) is 10.6. The number of ether oxygens (including phenoxy) is 5. The molecule has 6 atom stereocenters. The third kappa shape index (κ3) is 10.9. The first-order chi connectivity index (χ1) is 28.8. The van der Waals surface area contributed by atoms with Crippen molar-refractivity contribution >= 4 is 17.5 Å². The Morgan fingerprint density at radius 3 is 2.51 bits per heavy atom. The topological polar surface area (TPSA) is 192 Å². The Morgan fingerprint density at radius 1 is 1.02 bits per heavy atom. The van der Waals surface area contributed by atoms with E-state index in [1.54, 1.807) is 41.3 Å². The van der Waals surface area contributed by atoms with Crippen molar-refractivity contribution < 1.29 is 53.6 Å². The molecule has 0 bridgehead atoms. The number of aliphatic hydroxyl groups is 3. The number of hydrogen-bond acceptors (Lipinski definition) is 13. The Kier molecular flexibility index (Phi) is 17.3. The molecule has 1 heterocycles. The van der Waals surface area contributed by atoms with Gasteiger partial charge in [0.15, 0.2) is 0 Å². The summed E-state index contributed by atoms with van der Waals surface area (Å²) in [5.74, 6) is -1.20. The van der Waals surface area contributed by atoms with Gasteiger partial charge in [0, 0.05) is 43.7 Å². The van der Waals surface area contributed by atoms with Gasteiger partial charge in [-0.05, 0) is 80.7 Å². The largest absolute Gasteiger partial charge is 0.459 e. The van der Waals surface area contributed by atoms with Gasteiger partial charge in [0.2, 0.25) is 5.79 Å². The molecule has 0 radical (unpaired) electrons. The number of oxime groups is 1. The maximum atomic E-state index is 14.3. The van der Waals surface area contributed by atoms with Crippen molar-refractivity contribution in [2.24, 2.45) is 22.9 Å². The van der Waals surface area contributed by atoms with Crippen LogP contribution < -0.4 is 9.47 Å². The molecule has 15 nitrogen and oxygen atoms in total. The van der Waals surface area contributed by atoms with Gasteiger partial charge in [0.25, 0.3) is 5.69 Å². The number of unbranched alkanes of at least 4 members (excludes halogenated alkanes) is 2. The molecule has 0 saturated heterocycles. The van der Waals surface area contributed by atoms with Crippen LogP contribution in [0.2, 0.25) is 0 Å². The summed E-state index contributed by atoms with van der Waals surface area (Å²) in [6.45, 7) is 10.2. The summed E-state index contributed by atoms with van der Waals surface area (Å²) in [7, 11) is 0. The van der Waals surface area contributed by atoms with Gasteiger partial charge in [-0.1, -0.05) is 42.3 Å². The molecule has 1 saturated carbocycles. The van der Waals surface area contributed by atoms with E-state index in [-0.39, 0.29) is 82.7 Å². The van der Waals surface area contributed by atoms with Gasteiger partial charge in [-0.2, -0.15) is 0 Å². The molecule has 1 aliphatic heterocycles. The average Bonchev–Trinajstić information content (AvgIpc) is 3.24. The number of benzene rings is 2. The van der Waals surface area contributed by atoms with Crippen molar-refractivity contribution in [1.82, 2.24) is 4.90 Å². The first kappa shape index (κ1) is 45.3. The van der Waals surface area contributed by atoms with E-state index >= 15 is 0 Å². The Hall–Kier alpha value is -4.80. The molecule has 5 rings (SSSR count). The highest BCUT2D eigenvalue weighted by Crippen LogP contribution is 2.62. The maximum Gasteiger partial charge on any atom is 0.410 e. The van der Waals surface area contributed by atoms with Gasteiger partial charge in [-0.25, -0.2) is 4.79 Å². The van der Waals surface area contributed by atoms with Crippen molar-refractivity contribution in [1.29, 1.82) is 0 Å². The fourth-order valence-corrected chi connectivity index (χ4v) is 8.67. The predicted octanol–water partition coefficient (Wildman–Crippen LogP) is 7.06. The van der Waals surface area contributed by atoms with E-state index in [2.05, 4.69) is 19.2 Å². The van der Waals surface area contributed by atoms with Crippen LogP contribution in [-0.4, -0.2) is 108 Å². The number of non-ortho nitro benzene ring substituents is 1. The smallest absolute Gasteiger partial charge is 0.410 e. The van der Waals surface area contributed by atoms with Crippen molar-refractivity contribution in [3.05, 3.63) is 95.1 Å². The number of nitrogens with zero attached hydrogens (tertiary/aromatic N) is 3. The summed E-state index contributed by atoms with van der Waals surface area (Å²) in [6.07, 6.45) is 9.79. The maximum absolute atomic E-state index is 14.3. The molecule has 2 aromatic carbocycles. The van der Waals surface area contributed by atoms with E-state index in [1.807, 2.05) is 13.0 Å². The first-order valence-corrected chi connectivity index (χ1v) is 20.6. The summed E-state index contributed by atoms with van der Waals surface area (Å²) in [4.78, 5) is 32.7. The summed E-state index contributed by atoms with van der Waals surface area (Å²) < 4.78 is 31.9. The normalized spacial score (nSPS) is 23.6. The quantitative estimate of drug-likeness (QED) is 0.0400. The molecule has 2 aliphatic carbocycles. The van der Waals surface area contributed by atoms with Crippen LogP contribution in [-0.2, 0) is 19.0 Å². The molecule has 322 valence electrons. The van der Waals surface area contributed by atoms with Crippen LogP contribution >= 0.6 is 0 Å². The third-order valence-corrected chi connectivity index (χ3v) is 11.1. The van der Waals surface area contributed by atoms with Crippen molar-refractivity contribution in [2.75, 3.05) is 59.4 Å². The second-order valence-electron chi connectivity index (χ2n) is 14.8. The lowest BCUT2D eigenvalue weighted by Crippen LogP contribution is -2.70. The molecule has 3 N–H and O–H groups in total. The zero-order valence-corrected chi connectivity index (χ0v) is 34.0. The fourth-order valence-electron chi connectivity index (χ4n) is 8.67. The Morgan fingerprint density at radius 2 is 1.80 bits per heavy atom. The Bertz CT molecular complexity index is 1780. The van der Waals surface area contributed by atoms with E-state index in [0.717, 1.165) is 36.8 Å². The van der Waals surface area contributed by atoms with Crippen molar-refractivity contribution in [3.8, 4) is 17.2 Å². The van der Waals surface area contributed by atoms with E-state index in [1.165, 1.54) is 12.1 Å². The lowest BCUT2D eigenvalue weighted by atomic mass is 9.55. The van der Waals surface area contributed by atoms with Gasteiger partial charge in [-0.15, -0.1) is 13.2 Å². The minimum Gasteiger partial charge on any atom is -0.459 e. The van der Waals surface area contributed by atoms with E-state index < -0.39 is 28.8 Å². The lowest BCUT2D eigenvalue weighted by Gasteiger charge is -2.59. The van der Waals surface area contributed by atoms with Crippen molar-refractivity contribution in [2.45, 2.75) is 76.0 Å². The summed E-state index contributed by atoms with van der Waals surface area (Å²) in [5.41, 5.74) is 2.21. The minimum absolute atomic E-state index is 0.0103.